The molecule has 2 unspecified atom stereocenters. The number of hydrogen-bond acceptors (Lipinski definition) is 3. The van der Waals surface area contributed by atoms with E-state index in [2.05, 4.69) is 16.4 Å². The van der Waals surface area contributed by atoms with Gasteiger partial charge in [-0.15, -0.1) is 0 Å². The van der Waals surface area contributed by atoms with Crippen LogP contribution in [-0.4, -0.2) is 21.2 Å². The van der Waals surface area contributed by atoms with Gasteiger partial charge in [0, 0.05) is 25.6 Å². The van der Waals surface area contributed by atoms with E-state index in [1.165, 1.54) is 18.2 Å². The Bertz CT molecular complexity index is 995. The molecule has 2 aliphatic rings. The van der Waals surface area contributed by atoms with Crippen molar-refractivity contribution in [3.05, 3.63) is 52.3 Å². The van der Waals surface area contributed by atoms with Crippen LogP contribution >= 0.6 is 11.6 Å². The van der Waals surface area contributed by atoms with Crippen molar-refractivity contribution in [1.29, 1.82) is 0 Å². The number of Topliss-reactive ketones (excluding diaryl/α,β-unsaturated/α-hetero) is 1. The topological polar surface area (TPSA) is 64.0 Å². The number of carbonyl (C=O) groups excluding carboxylic acids is 2. The number of aromatic nitrogens is 2. The molecule has 1 saturated carbocycles. The van der Waals surface area contributed by atoms with E-state index in [0.717, 1.165) is 17.8 Å². The maximum absolute atomic E-state index is 13.3. The number of amides is 1. The molecule has 1 fully saturated rings. The zero-order chi connectivity index (χ0) is 19.3. The third-order valence-electron chi connectivity index (χ3n) is 5.47. The van der Waals surface area contributed by atoms with Gasteiger partial charge in [-0.1, -0.05) is 17.7 Å². The molecule has 0 spiro atoms. The Hall–Kier alpha value is -2.47. The summed E-state index contributed by atoms with van der Waals surface area (Å²) in [6.45, 7) is 1.84. The van der Waals surface area contributed by atoms with Crippen molar-refractivity contribution in [1.82, 2.24) is 9.55 Å². The third kappa shape index (κ3) is 3.18. The summed E-state index contributed by atoms with van der Waals surface area (Å²) in [5, 5.41) is 2.72. The average Bonchev–Trinajstić information content (AvgIpc) is 3.22. The van der Waals surface area contributed by atoms with Crippen LogP contribution in [0.4, 0.5) is 10.1 Å². The first-order valence-electron chi connectivity index (χ1n) is 8.86. The van der Waals surface area contributed by atoms with Crippen molar-refractivity contribution in [2.75, 3.05) is 5.32 Å². The maximum Gasteiger partial charge on any atom is 0.274 e. The largest absolute Gasteiger partial charge is 0.327 e. The second-order valence-corrected chi connectivity index (χ2v) is 7.67. The van der Waals surface area contributed by atoms with Gasteiger partial charge in [0.2, 0.25) is 0 Å². The van der Waals surface area contributed by atoms with E-state index < -0.39 is 5.82 Å². The third-order valence-corrected chi connectivity index (χ3v) is 5.76. The van der Waals surface area contributed by atoms with E-state index in [0.29, 0.717) is 41.6 Å². The van der Waals surface area contributed by atoms with Crippen molar-refractivity contribution >= 4 is 34.6 Å². The van der Waals surface area contributed by atoms with Crippen LogP contribution in [0.1, 0.15) is 41.3 Å². The molecule has 1 amide bonds. The summed E-state index contributed by atoms with van der Waals surface area (Å²) in [5.41, 5.74) is 2.54. The Labute approximate surface area is 161 Å². The molecular weight excluding hydrogens is 369 g/mol. The smallest absolute Gasteiger partial charge is 0.274 e. The number of hydrogen-bond donors (Lipinski definition) is 1. The van der Waals surface area contributed by atoms with Gasteiger partial charge in [-0.25, -0.2) is 9.37 Å². The van der Waals surface area contributed by atoms with E-state index in [1.54, 1.807) is 11.6 Å². The number of allylic oxidation sites excluding steroid dienone is 2. The van der Waals surface area contributed by atoms with E-state index in [4.69, 9.17) is 11.6 Å². The second kappa shape index (κ2) is 6.60. The zero-order valence-corrected chi connectivity index (χ0v) is 15.8. The number of anilines is 1. The molecule has 0 radical (unpaired) electrons. The minimum Gasteiger partial charge on any atom is -0.327 e. The van der Waals surface area contributed by atoms with Crippen LogP contribution < -0.4 is 5.32 Å². The summed E-state index contributed by atoms with van der Waals surface area (Å²) in [6.07, 6.45) is 4.04. The molecule has 1 aromatic heterocycles. The fourth-order valence-electron chi connectivity index (χ4n) is 4.02. The predicted octanol–water partition coefficient (Wildman–Crippen LogP) is 4.16. The van der Waals surface area contributed by atoms with Gasteiger partial charge in [0.15, 0.2) is 0 Å². The Morgan fingerprint density at radius 2 is 2.11 bits per heavy atom. The van der Waals surface area contributed by atoms with Gasteiger partial charge in [0.05, 0.1) is 10.7 Å². The van der Waals surface area contributed by atoms with E-state index >= 15 is 0 Å². The maximum atomic E-state index is 13.3. The molecule has 5 nitrogen and oxygen atoms in total. The Balaban J connectivity index is 1.65. The Kier molecular flexibility index (Phi) is 4.38. The fraction of sp³-hybridized carbons (Fsp3) is 0.350. The van der Waals surface area contributed by atoms with Crippen LogP contribution in [0, 0.1) is 24.6 Å². The summed E-state index contributed by atoms with van der Waals surface area (Å²) < 4.78 is 15.1. The first-order valence-corrected chi connectivity index (χ1v) is 9.23. The van der Waals surface area contributed by atoms with Crippen LogP contribution in [0.25, 0.3) is 5.57 Å². The number of rotatable bonds is 3. The molecule has 1 N–H and O–H groups in total. The van der Waals surface area contributed by atoms with Crippen molar-refractivity contribution in [3.8, 4) is 0 Å². The monoisotopic (exact) mass is 387 g/mol. The van der Waals surface area contributed by atoms with Crippen LogP contribution in [0.5, 0.6) is 0 Å². The van der Waals surface area contributed by atoms with Crippen molar-refractivity contribution in [2.45, 2.75) is 26.2 Å². The lowest BCUT2D eigenvalue weighted by atomic mass is 9.99. The molecule has 140 valence electrons. The summed E-state index contributed by atoms with van der Waals surface area (Å²) in [4.78, 5) is 29.2. The Morgan fingerprint density at radius 1 is 1.33 bits per heavy atom. The number of ketones is 1. The van der Waals surface area contributed by atoms with Gasteiger partial charge < -0.3 is 9.88 Å². The number of benzene rings is 1. The summed E-state index contributed by atoms with van der Waals surface area (Å²) in [7, 11) is 1.79. The van der Waals surface area contributed by atoms with Crippen LogP contribution in [0.3, 0.4) is 0 Å². The van der Waals surface area contributed by atoms with Gasteiger partial charge in [-0.3, -0.25) is 9.59 Å². The highest BCUT2D eigenvalue weighted by atomic mass is 35.5. The van der Waals surface area contributed by atoms with E-state index in [1.807, 2.05) is 6.92 Å². The molecule has 1 heterocycles. The molecule has 0 aliphatic heterocycles. The molecule has 0 saturated heterocycles. The van der Waals surface area contributed by atoms with Crippen molar-refractivity contribution < 1.29 is 14.0 Å². The molecule has 2 atom stereocenters. The summed E-state index contributed by atoms with van der Waals surface area (Å²) >= 11 is 5.80. The summed E-state index contributed by atoms with van der Waals surface area (Å²) in [5.74, 6) is 0.738. The highest BCUT2D eigenvalue weighted by molar-refractivity contribution is 6.31. The zero-order valence-electron chi connectivity index (χ0n) is 15.1. The molecular formula is C20H19ClFN3O2. The SMILES string of the molecule is Cc1nc(C2=CC3CC(=O)CC3C2)c(C(=O)Nc2ccc(F)c(Cl)c2)n1C. The highest BCUT2D eigenvalue weighted by Gasteiger charge is 2.38. The fourth-order valence-corrected chi connectivity index (χ4v) is 4.20. The predicted molar refractivity (Wildman–Crippen MR) is 101 cm³/mol. The lowest BCUT2D eigenvalue weighted by Gasteiger charge is -2.10. The number of imidazole rings is 1. The quantitative estimate of drug-likeness (QED) is 0.860. The van der Waals surface area contributed by atoms with Gasteiger partial charge in [-0.2, -0.15) is 0 Å². The minimum atomic E-state index is -0.538. The van der Waals surface area contributed by atoms with Crippen molar-refractivity contribution in [3.63, 3.8) is 0 Å². The number of nitrogens with zero attached hydrogens (tertiary/aromatic N) is 2. The number of aryl methyl sites for hydroxylation is 1. The van der Waals surface area contributed by atoms with Gasteiger partial charge in [0.25, 0.3) is 5.91 Å². The van der Waals surface area contributed by atoms with Crippen molar-refractivity contribution in [2.24, 2.45) is 18.9 Å². The molecule has 0 bridgehead atoms. The lowest BCUT2D eigenvalue weighted by molar-refractivity contribution is -0.117. The van der Waals surface area contributed by atoms with Crippen LogP contribution in [0.15, 0.2) is 24.3 Å². The average molecular weight is 388 g/mol. The van der Waals surface area contributed by atoms with E-state index in [-0.39, 0.29) is 16.8 Å². The molecule has 4 rings (SSSR count). The highest BCUT2D eigenvalue weighted by Crippen LogP contribution is 2.44. The number of carbonyl (C=O) groups is 2. The molecule has 27 heavy (non-hydrogen) atoms. The number of fused-ring (bicyclic) bond motifs is 1. The number of halogens is 2. The summed E-state index contributed by atoms with van der Waals surface area (Å²) in [6, 6.07) is 4.06. The molecule has 7 heteroatoms. The van der Waals surface area contributed by atoms with Gasteiger partial charge in [0.1, 0.15) is 23.1 Å². The van der Waals surface area contributed by atoms with Crippen LogP contribution in [0.2, 0.25) is 5.02 Å². The second-order valence-electron chi connectivity index (χ2n) is 7.27. The standard InChI is InChI=1S/C20H19ClFN3O2/c1-10-23-18(13-5-11-7-15(26)8-12(11)6-13)19(25(10)2)20(27)24-14-3-4-17(22)16(21)9-14/h3-5,9,11-12H,6-8H2,1-2H3,(H,24,27). The normalized spacial score (nSPS) is 21.3. The molecule has 1 aromatic carbocycles. The first-order chi connectivity index (χ1) is 12.8. The lowest BCUT2D eigenvalue weighted by Crippen LogP contribution is -2.18. The Morgan fingerprint density at radius 3 is 2.81 bits per heavy atom. The van der Waals surface area contributed by atoms with Gasteiger partial charge >= 0.3 is 0 Å². The molecule has 2 aliphatic carbocycles. The van der Waals surface area contributed by atoms with Crippen LogP contribution in [-0.2, 0) is 11.8 Å². The van der Waals surface area contributed by atoms with E-state index in [9.17, 15) is 14.0 Å². The molecule has 2 aromatic rings. The first kappa shape index (κ1) is 17.9. The minimum absolute atomic E-state index is 0.0507. The number of nitrogens with one attached hydrogen (secondary N) is 1. The van der Waals surface area contributed by atoms with Gasteiger partial charge in [-0.05, 0) is 49.0 Å².